The van der Waals surface area contributed by atoms with Gasteiger partial charge in [0.1, 0.15) is 34.9 Å². The third-order valence-corrected chi connectivity index (χ3v) is 15.2. The number of likely N-dealkylation sites (tertiary alicyclic amines) is 1. The number of carboxylic acid groups (broad SMARTS) is 1. The standard InChI is InChI=1S/C41H42F4N6O4Si/c1-26(25-54-56(40(2,3)4,31-11-7-5-8-12-31)32-13-9-6-10-14-32)55-34-22-29(42)21-27-15-17-33(47-36(27)34)38-49-48-35-18-16-28(23-51(35)38)37(41(43,44)45)50-20-19-30(24-50)46-39(52)53/h5-18,21-23,26,30,37,46H,19-20,24-25H2,1-4H3,(H,52,53)/t26?,30?,37-/m1/s1. The van der Waals surface area contributed by atoms with Crippen molar-refractivity contribution in [3.63, 3.8) is 0 Å². The minimum Gasteiger partial charge on any atom is -0.486 e. The summed E-state index contributed by atoms with van der Waals surface area (Å²) in [7, 11) is -2.90. The maximum Gasteiger partial charge on any atom is 0.408 e. The molecule has 0 saturated carbocycles. The summed E-state index contributed by atoms with van der Waals surface area (Å²) < 4.78 is 73.8. The predicted molar refractivity (Wildman–Crippen MR) is 207 cm³/mol. The van der Waals surface area contributed by atoms with Crippen molar-refractivity contribution in [1.82, 2.24) is 29.8 Å². The molecule has 6 aromatic rings. The molecule has 3 aromatic heterocycles. The molecule has 0 bridgehead atoms. The summed E-state index contributed by atoms with van der Waals surface area (Å²) in [4.78, 5) is 17.2. The largest absolute Gasteiger partial charge is 0.486 e. The maximum absolute atomic E-state index is 15.0. The first-order valence-electron chi connectivity index (χ1n) is 18.3. The lowest BCUT2D eigenvalue weighted by Gasteiger charge is -2.43. The van der Waals surface area contributed by atoms with E-state index in [1.54, 1.807) is 12.1 Å². The van der Waals surface area contributed by atoms with Gasteiger partial charge in [-0.05, 0) is 52.5 Å². The van der Waals surface area contributed by atoms with Gasteiger partial charge in [-0.15, -0.1) is 10.2 Å². The Morgan fingerprint density at radius 2 is 1.64 bits per heavy atom. The van der Waals surface area contributed by atoms with E-state index in [-0.39, 0.29) is 54.0 Å². The minimum absolute atomic E-state index is 0.0507. The lowest BCUT2D eigenvalue weighted by Crippen LogP contribution is -2.67. The summed E-state index contributed by atoms with van der Waals surface area (Å²) >= 11 is 0. The van der Waals surface area contributed by atoms with Crippen LogP contribution in [0.25, 0.3) is 28.1 Å². The van der Waals surface area contributed by atoms with Crippen LogP contribution in [0, 0.1) is 5.82 Å². The third kappa shape index (κ3) is 7.70. The second-order valence-corrected chi connectivity index (χ2v) is 19.5. The Morgan fingerprint density at radius 1 is 0.964 bits per heavy atom. The monoisotopic (exact) mass is 786 g/mol. The van der Waals surface area contributed by atoms with Gasteiger partial charge in [0.25, 0.3) is 8.32 Å². The highest BCUT2D eigenvalue weighted by molar-refractivity contribution is 6.99. The number of nitrogens with zero attached hydrogens (tertiary/aromatic N) is 5. The van der Waals surface area contributed by atoms with E-state index in [9.17, 15) is 18.0 Å². The molecule has 0 radical (unpaired) electrons. The molecule has 3 aromatic carbocycles. The number of benzene rings is 3. The molecule has 0 aliphatic carbocycles. The highest BCUT2D eigenvalue weighted by atomic mass is 28.4. The molecule has 1 amide bonds. The van der Waals surface area contributed by atoms with Gasteiger partial charge in [0.05, 0.1) is 6.61 Å². The Balaban J connectivity index is 1.20. The fourth-order valence-electron chi connectivity index (χ4n) is 7.80. The van der Waals surface area contributed by atoms with Crippen LogP contribution in [0.15, 0.2) is 103 Å². The number of halogens is 4. The number of aromatic nitrogens is 4. The topological polar surface area (TPSA) is 114 Å². The van der Waals surface area contributed by atoms with Gasteiger partial charge in [-0.1, -0.05) is 93.6 Å². The summed E-state index contributed by atoms with van der Waals surface area (Å²) in [5.74, 6) is -0.180. The zero-order chi connectivity index (χ0) is 39.8. The summed E-state index contributed by atoms with van der Waals surface area (Å²) in [6.07, 6.45) is -4.91. The number of hydrogen-bond donors (Lipinski definition) is 2. The molecular weight excluding hydrogens is 745 g/mol. The second kappa shape index (κ2) is 15.3. The first-order valence-corrected chi connectivity index (χ1v) is 20.2. The zero-order valence-corrected chi connectivity index (χ0v) is 32.3. The molecule has 4 heterocycles. The number of amides is 1. The molecule has 15 heteroatoms. The predicted octanol–water partition coefficient (Wildman–Crippen LogP) is 7.37. The lowest BCUT2D eigenvalue weighted by molar-refractivity contribution is -0.184. The van der Waals surface area contributed by atoms with Crippen molar-refractivity contribution < 1.29 is 36.6 Å². The number of ether oxygens (including phenoxy) is 1. The van der Waals surface area contributed by atoms with Crippen LogP contribution in [0.2, 0.25) is 5.04 Å². The SMILES string of the molecule is CC(CO[Si](c1ccccc1)(c1ccccc1)C(C)(C)C)Oc1cc(F)cc2ccc(-c3nnc4ccc([C@@H](N5CCC(NC(=O)O)C5)C(F)(F)F)cn34)nc12. The van der Waals surface area contributed by atoms with Crippen molar-refractivity contribution in [2.75, 3.05) is 19.7 Å². The average molecular weight is 787 g/mol. The molecule has 1 aliphatic rings. The highest BCUT2D eigenvalue weighted by Crippen LogP contribution is 2.40. The van der Waals surface area contributed by atoms with Crippen LogP contribution >= 0.6 is 0 Å². The van der Waals surface area contributed by atoms with Crippen LogP contribution in [0.1, 0.15) is 45.7 Å². The Morgan fingerprint density at radius 3 is 2.27 bits per heavy atom. The first-order chi connectivity index (χ1) is 26.6. The average Bonchev–Trinajstić information content (AvgIpc) is 3.78. The third-order valence-electron chi connectivity index (χ3n) is 10.2. The number of rotatable bonds is 11. The number of carbonyl (C=O) groups is 1. The van der Waals surface area contributed by atoms with Crippen molar-refractivity contribution in [1.29, 1.82) is 0 Å². The number of nitrogens with one attached hydrogen (secondary N) is 1. The highest BCUT2D eigenvalue weighted by Gasteiger charge is 2.50. The summed E-state index contributed by atoms with van der Waals surface area (Å²) in [6.45, 7) is 8.52. The van der Waals surface area contributed by atoms with Crippen molar-refractivity contribution in [3.8, 4) is 17.3 Å². The maximum atomic E-state index is 15.0. The van der Waals surface area contributed by atoms with Crippen molar-refractivity contribution >= 4 is 41.3 Å². The number of pyridine rings is 2. The van der Waals surface area contributed by atoms with Gasteiger partial charge in [-0.2, -0.15) is 13.2 Å². The summed E-state index contributed by atoms with van der Waals surface area (Å²) in [5.41, 5.74) is 0.841. The van der Waals surface area contributed by atoms with Crippen LogP contribution in [0.4, 0.5) is 22.4 Å². The van der Waals surface area contributed by atoms with E-state index in [4.69, 9.17) is 19.3 Å². The molecule has 1 saturated heterocycles. The molecule has 3 atom stereocenters. The molecule has 1 aliphatic heterocycles. The Hall–Kier alpha value is -5.38. The molecule has 7 rings (SSSR count). The second-order valence-electron chi connectivity index (χ2n) is 15.2. The molecule has 56 heavy (non-hydrogen) atoms. The Kier molecular flexibility index (Phi) is 10.6. The van der Waals surface area contributed by atoms with E-state index in [0.29, 0.717) is 16.6 Å². The van der Waals surface area contributed by atoms with Crippen LogP contribution in [0.5, 0.6) is 5.75 Å². The molecule has 10 nitrogen and oxygen atoms in total. The van der Waals surface area contributed by atoms with Gasteiger partial charge in [0, 0.05) is 36.8 Å². The van der Waals surface area contributed by atoms with Crippen molar-refractivity contribution in [2.24, 2.45) is 0 Å². The first kappa shape index (κ1) is 38.9. The van der Waals surface area contributed by atoms with Crippen LogP contribution < -0.4 is 20.4 Å². The van der Waals surface area contributed by atoms with Crippen LogP contribution in [-0.4, -0.2) is 82.0 Å². The van der Waals surface area contributed by atoms with Gasteiger partial charge < -0.3 is 19.6 Å². The normalized spacial score (nSPS) is 16.6. The van der Waals surface area contributed by atoms with Crippen LogP contribution in [0.3, 0.4) is 0 Å². The molecule has 0 spiro atoms. The summed E-state index contributed by atoms with van der Waals surface area (Å²) in [5, 5.41) is 22.2. The molecular formula is C41H42F4N6O4Si. The van der Waals surface area contributed by atoms with E-state index in [1.807, 2.05) is 43.3 Å². The van der Waals surface area contributed by atoms with Gasteiger partial charge in [-0.25, -0.2) is 14.2 Å². The Labute approximate surface area is 322 Å². The van der Waals surface area contributed by atoms with Gasteiger partial charge >= 0.3 is 12.3 Å². The van der Waals surface area contributed by atoms with Gasteiger partial charge in [0.15, 0.2) is 11.5 Å². The van der Waals surface area contributed by atoms with Crippen LogP contribution in [-0.2, 0) is 4.43 Å². The van der Waals surface area contributed by atoms with E-state index in [1.165, 1.54) is 39.8 Å². The smallest absolute Gasteiger partial charge is 0.408 e. The van der Waals surface area contributed by atoms with Crippen molar-refractivity contribution in [3.05, 3.63) is 115 Å². The number of hydrogen-bond acceptors (Lipinski definition) is 7. The zero-order valence-electron chi connectivity index (χ0n) is 31.3. The number of fused-ring (bicyclic) bond motifs is 2. The summed E-state index contributed by atoms with van der Waals surface area (Å²) in [6, 6.07) is 26.4. The van der Waals surface area contributed by atoms with E-state index in [2.05, 4.69) is 60.6 Å². The van der Waals surface area contributed by atoms with Gasteiger partial charge in [0.2, 0.25) is 0 Å². The Bertz CT molecular complexity index is 2300. The number of alkyl halides is 3. The molecule has 2 unspecified atom stereocenters. The molecule has 292 valence electrons. The van der Waals surface area contributed by atoms with Crippen molar-refractivity contribution in [2.45, 2.75) is 63.5 Å². The molecule has 1 fully saturated rings. The fourth-order valence-corrected chi connectivity index (χ4v) is 12.4. The van der Waals surface area contributed by atoms with E-state index >= 15 is 4.39 Å². The van der Waals surface area contributed by atoms with E-state index in [0.717, 1.165) is 10.4 Å². The minimum atomic E-state index is -4.66. The lowest BCUT2D eigenvalue weighted by atomic mass is 10.1. The fraction of sp³-hybridized carbons (Fsp3) is 0.317. The van der Waals surface area contributed by atoms with Gasteiger partial charge in [-0.3, -0.25) is 9.30 Å². The quantitative estimate of drug-likeness (QED) is 0.103. The van der Waals surface area contributed by atoms with E-state index < -0.39 is 44.6 Å². The molecule has 2 N–H and O–H groups in total.